The van der Waals surface area contributed by atoms with Crippen molar-refractivity contribution in [2.75, 3.05) is 5.73 Å². The molecule has 0 saturated heterocycles. The minimum absolute atomic E-state index is 0.201. The predicted molar refractivity (Wildman–Crippen MR) is 91.8 cm³/mol. The van der Waals surface area contributed by atoms with E-state index in [1.165, 1.54) is 6.33 Å². The Kier molecular flexibility index (Phi) is 4.48. The SMILES string of the molecule is Cc1cc(Oc2ncnc(Oc3cccnc3)c2N)cc(C)c1Cl. The quantitative estimate of drug-likeness (QED) is 0.760. The van der Waals surface area contributed by atoms with Crippen LogP contribution in [0.25, 0.3) is 0 Å². The van der Waals surface area contributed by atoms with Crippen molar-refractivity contribution in [1.29, 1.82) is 0 Å². The second kappa shape index (κ2) is 6.72. The number of halogens is 1. The lowest BCUT2D eigenvalue weighted by Gasteiger charge is -2.12. The molecule has 0 aliphatic carbocycles. The van der Waals surface area contributed by atoms with Crippen LogP contribution in [0.3, 0.4) is 0 Å². The zero-order chi connectivity index (χ0) is 17.1. The number of nitrogen functional groups attached to an aromatic ring is 1. The minimum atomic E-state index is 0.201. The van der Waals surface area contributed by atoms with E-state index in [4.69, 9.17) is 26.8 Å². The largest absolute Gasteiger partial charge is 0.437 e. The maximum atomic E-state index is 6.17. The van der Waals surface area contributed by atoms with Gasteiger partial charge in [0.2, 0.25) is 11.8 Å². The number of benzene rings is 1. The Balaban J connectivity index is 1.88. The zero-order valence-electron chi connectivity index (χ0n) is 13.2. The highest BCUT2D eigenvalue weighted by Crippen LogP contribution is 2.34. The molecule has 3 aromatic rings. The van der Waals surface area contributed by atoms with Crippen LogP contribution in [0.4, 0.5) is 5.69 Å². The van der Waals surface area contributed by atoms with Crippen molar-refractivity contribution in [3.63, 3.8) is 0 Å². The van der Waals surface area contributed by atoms with Crippen LogP contribution in [0.5, 0.6) is 23.3 Å². The van der Waals surface area contributed by atoms with Crippen LogP contribution < -0.4 is 15.2 Å². The Morgan fingerprint density at radius 1 is 1.00 bits per heavy atom. The van der Waals surface area contributed by atoms with Crippen molar-refractivity contribution in [3.8, 4) is 23.3 Å². The van der Waals surface area contributed by atoms with Crippen molar-refractivity contribution in [3.05, 3.63) is 59.1 Å². The van der Waals surface area contributed by atoms with Crippen LogP contribution in [0.15, 0.2) is 43.0 Å². The van der Waals surface area contributed by atoms with E-state index in [-0.39, 0.29) is 17.4 Å². The molecule has 1 aromatic carbocycles. The number of rotatable bonds is 4. The molecular weight excluding hydrogens is 328 g/mol. The molecule has 0 spiro atoms. The maximum absolute atomic E-state index is 6.17. The fraction of sp³-hybridized carbons (Fsp3) is 0.118. The summed E-state index contributed by atoms with van der Waals surface area (Å²) in [5.41, 5.74) is 8.08. The van der Waals surface area contributed by atoms with Gasteiger partial charge in [0, 0.05) is 11.2 Å². The summed E-state index contributed by atoms with van der Waals surface area (Å²) in [6, 6.07) is 7.14. The standard InChI is InChI=1S/C17H15ClN4O2/c1-10-6-13(7-11(2)14(10)18)24-17-15(19)16(21-9-22-17)23-12-4-3-5-20-8-12/h3-9H,19H2,1-2H3. The third-order valence-corrected chi connectivity index (χ3v) is 3.88. The van der Waals surface area contributed by atoms with Crippen molar-refractivity contribution in [1.82, 2.24) is 15.0 Å². The number of hydrogen-bond acceptors (Lipinski definition) is 6. The summed E-state index contributed by atoms with van der Waals surface area (Å²) in [4.78, 5) is 12.1. The summed E-state index contributed by atoms with van der Waals surface area (Å²) in [5, 5.41) is 0.707. The maximum Gasteiger partial charge on any atom is 0.249 e. The summed E-state index contributed by atoms with van der Waals surface area (Å²) in [7, 11) is 0. The number of nitrogens with two attached hydrogens (primary N) is 1. The normalized spacial score (nSPS) is 10.5. The Hall–Kier alpha value is -2.86. The topological polar surface area (TPSA) is 83.2 Å². The molecule has 0 fully saturated rings. The first kappa shape index (κ1) is 16.0. The molecule has 24 heavy (non-hydrogen) atoms. The molecule has 0 atom stereocenters. The van der Waals surface area contributed by atoms with E-state index < -0.39 is 0 Å². The van der Waals surface area contributed by atoms with Gasteiger partial charge < -0.3 is 15.2 Å². The molecule has 122 valence electrons. The number of aromatic nitrogens is 3. The van der Waals surface area contributed by atoms with Crippen LogP contribution in [0.2, 0.25) is 5.02 Å². The van der Waals surface area contributed by atoms with Gasteiger partial charge in [-0.25, -0.2) is 0 Å². The van der Waals surface area contributed by atoms with Crippen LogP contribution in [0.1, 0.15) is 11.1 Å². The molecule has 0 amide bonds. The number of aryl methyl sites for hydroxylation is 2. The molecule has 0 saturated carbocycles. The van der Waals surface area contributed by atoms with Crippen LogP contribution >= 0.6 is 11.6 Å². The fourth-order valence-corrected chi connectivity index (χ4v) is 2.23. The van der Waals surface area contributed by atoms with E-state index in [1.54, 1.807) is 24.5 Å². The van der Waals surface area contributed by atoms with Crippen molar-refractivity contribution in [2.24, 2.45) is 0 Å². The van der Waals surface area contributed by atoms with Crippen LogP contribution in [-0.4, -0.2) is 15.0 Å². The van der Waals surface area contributed by atoms with E-state index in [9.17, 15) is 0 Å². The molecule has 0 radical (unpaired) electrons. The van der Waals surface area contributed by atoms with Gasteiger partial charge in [-0.3, -0.25) is 4.98 Å². The number of anilines is 1. The molecule has 2 N–H and O–H groups in total. The molecule has 3 rings (SSSR count). The molecule has 2 heterocycles. The predicted octanol–water partition coefficient (Wildman–Crippen LogP) is 4.31. The number of pyridine rings is 1. The van der Waals surface area contributed by atoms with Crippen molar-refractivity contribution in [2.45, 2.75) is 13.8 Å². The zero-order valence-corrected chi connectivity index (χ0v) is 13.9. The van der Waals surface area contributed by atoms with Crippen LogP contribution in [0, 0.1) is 13.8 Å². The van der Waals surface area contributed by atoms with Gasteiger partial charge in [0.15, 0.2) is 5.69 Å². The molecule has 7 heteroatoms. The second-order valence-corrected chi connectivity index (χ2v) is 5.54. The van der Waals surface area contributed by atoms with Gasteiger partial charge in [-0.05, 0) is 49.2 Å². The summed E-state index contributed by atoms with van der Waals surface area (Å²) in [5.74, 6) is 1.53. The van der Waals surface area contributed by atoms with Crippen LogP contribution in [-0.2, 0) is 0 Å². The van der Waals surface area contributed by atoms with Gasteiger partial charge in [0.25, 0.3) is 0 Å². The third-order valence-electron chi connectivity index (χ3n) is 3.28. The molecule has 0 bridgehead atoms. The van der Waals surface area contributed by atoms with Gasteiger partial charge >= 0.3 is 0 Å². The highest BCUT2D eigenvalue weighted by atomic mass is 35.5. The van der Waals surface area contributed by atoms with Gasteiger partial charge in [-0.1, -0.05) is 11.6 Å². The number of hydrogen-bond donors (Lipinski definition) is 1. The lowest BCUT2D eigenvalue weighted by Crippen LogP contribution is -2.01. The highest BCUT2D eigenvalue weighted by Gasteiger charge is 2.13. The van der Waals surface area contributed by atoms with E-state index in [0.717, 1.165) is 11.1 Å². The summed E-state index contributed by atoms with van der Waals surface area (Å²) in [6.07, 6.45) is 4.54. The Labute approximate surface area is 144 Å². The van der Waals surface area contributed by atoms with E-state index in [0.29, 0.717) is 16.5 Å². The first-order valence-corrected chi connectivity index (χ1v) is 7.55. The average molecular weight is 343 g/mol. The third kappa shape index (κ3) is 3.38. The molecular formula is C17H15ClN4O2. The summed E-state index contributed by atoms with van der Waals surface area (Å²) >= 11 is 6.17. The molecule has 6 nitrogen and oxygen atoms in total. The molecule has 0 unspecified atom stereocenters. The second-order valence-electron chi connectivity index (χ2n) is 5.16. The summed E-state index contributed by atoms with van der Waals surface area (Å²) in [6.45, 7) is 3.81. The Bertz CT molecular complexity index is 849. The van der Waals surface area contributed by atoms with Gasteiger partial charge in [-0.2, -0.15) is 9.97 Å². The average Bonchev–Trinajstić information content (AvgIpc) is 2.57. The van der Waals surface area contributed by atoms with E-state index >= 15 is 0 Å². The Morgan fingerprint density at radius 2 is 1.62 bits per heavy atom. The fourth-order valence-electron chi connectivity index (χ4n) is 2.12. The smallest absolute Gasteiger partial charge is 0.249 e. The number of nitrogens with zero attached hydrogens (tertiary/aromatic N) is 3. The molecule has 0 aliphatic rings. The molecule has 2 aromatic heterocycles. The van der Waals surface area contributed by atoms with Gasteiger partial charge in [0.1, 0.15) is 17.8 Å². The first-order valence-electron chi connectivity index (χ1n) is 7.17. The van der Waals surface area contributed by atoms with E-state index in [2.05, 4.69) is 15.0 Å². The Morgan fingerprint density at radius 3 is 2.21 bits per heavy atom. The lowest BCUT2D eigenvalue weighted by atomic mass is 10.1. The highest BCUT2D eigenvalue weighted by molar-refractivity contribution is 6.32. The van der Waals surface area contributed by atoms with Gasteiger partial charge in [-0.15, -0.1) is 0 Å². The minimum Gasteiger partial charge on any atom is -0.437 e. The first-order chi connectivity index (χ1) is 11.5. The summed E-state index contributed by atoms with van der Waals surface area (Å²) < 4.78 is 11.4. The van der Waals surface area contributed by atoms with Gasteiger partial charge in [0.05, 0.1) is 6.20 Å². The lowest BCUT2D eigenvalue weighted by molar-refractivity contribution is 0.437. The monoisotopic (exact) mass is 342 g/mol. The number of ether oxygens (including phenoxy) is 2. The van der Waals surface area contributed by atoms with E-state index in [1.807, 2.05) is 26.0 Å². The van der Waals surface area contributed by atoms with Crippen molar-refractivity contribution >= 4 is 17.3 Å². The molecule has 0 aliphatic heterocycles. The van der Waals surface area contributed by atoms with Crippen molar-refractivity contribution < 1.29 is 9.47 Å².